The van der Waals surface area contributed by atoms with Crippen LogP contribution in [0.5, 0.6) is 5.75 Å². The lowest BCUT2D eigenvalue weighted by Gasteiger charge is -2.11. The third-order valence-corrected chi connectivity index (χ3v) is 5.83. The summed E-state index contributed by atoms with van der Waals surface area (Å²) in [6.07, 6.45) is 1.56. The number of anilines is 1. The standard InChI is InChI=1S/C22H18FN3O4S/c23-20-14-19(10-11-21(20)30-15-16-4-2-1-3-5-16)31(28,29)25-17-6-8-18(9-7-17)26-13-12-22(27)24-26/h1-14,25H,15H2,(H,24,27). The van der Waals surface area contributed by atoms with Crippen molar-refractivity contribution in [2.24, 2.45) is 0 Å². The number of H-pyrrole nitrogens is 1. The van der Waals surface area contributed by atoms with Crippen LogP contribution >= 0.6 is 0 Å². The van der Waals surface area contributed by atoms with Gasteiger partial charge in [-0.15, -0.1) is 0 Å². The molecule has 0 fully saturated rings. The average molecular weight is 439 g/mol. The maximum Gasteiger partial charge on any atom is 0.264 e. The van der Waals surface area contributed by atoms with E-state index in [1.165, 1.54) is 22.9 Å². The highest BCUT2D eigenvalue weighted by molar-refractivity contribution is 7.92. The van der Waals surface area contributed by atoms with Crippen molar-refractivity contribution in [2.75, 3.05) is 4.72 Å². The van der Waals surface area contributed by atoms with Crippen molar-refractivity contribution in [3.8, 4) is 11.4 Å². The third-order valence-electron chi connectivity index (χ3n) is 4.45. The van der Waals surface area contributed by atoms with E-state index in [1.54, 1.807) is 30.5 Å². The summed E-state index contributed by atoms with van der Waals surface area (Å²) in [5.74, 6) is -0.807. The number of aromatic nitrogens is 2. The van der Waals surface area contributed by atoms with Crippen LogP contribution in [0.3, 0.4) is 0 Å². The fourth-order valence-electron chi connectivity index (χ4n) is 2.89. The van der Waals surface area contributed by atoms with E-state index in [2.05, 4.69) is 9.82 Å². The van der Waals surface area contributed by atoms with E-state index < -0.39 is 15.8 Å². The quantitative estimate of drug-likeness (QED) is 0.459. The molecule has 0 unspecified atom stereocenters. The van der Waals surface area contributed by atoms with Crippen LogP contribution in [0.2, 0.25) is 0 Å². The van der Waals surface area contributed by atoms with Gasteiger partial charge in [0.1, 0.15) is 6.61 Å². The summed E-state index contributed by atoms with van der Waals surface area (Å²) in [6.45, 7) is 0.168. The summed E-state index contributed by atoms with van der Waals surface area (Å²) in [4.78, 5) is 11.0. The molecule has 3 aromatic carbocycles. The Morgan fingerprint density at radius 1 is 0.968 bits per heavy atom. The van der Waals surface area contributed by atoms with Crippen molar-refractivity contribution in [1.29, 1.82) is 0 Å². The van der Waals surface area contributed by atoms with E-state index in [0.29, 0.717) is 11.4 Å². The molecule has 1 aromatic heterocycles. The van der Waals surface area contributed by atoms with Crippen molar-refractivity contribution >= 4 is 15.7 Å². The molecule has 0 aliphatic rings. The highest BCUT2D eigenvalue weighted by Crippen LogP contribution is 2.24. The van der Waals surface area contributed by atoms with Gasteiger partial charge in [-0.25, -0.2) is 12.8 Å². The van der Waals surface area contributed by atoms with E-state index in [9.17, 15) is 17.6 Å². The molecule has 1 heterocycles. The lowest BCUT2D eigenvalue weighted by molar-refractivity contribution is 0.290. The Kier molecular flexibility index (Phi) is 5.59. The van der Waals surface area contributed by atoms with Crippen molar-refractivity contribution < 1.29 is 17.5 Å². The summed E-state index contributed by atoms with van der Waals surface area (Å²) in [7, 11) is -4.00. The van der Waals surface area contributed by atoms with Gasteiger partial charge in [-0.05, 0) is 48.0 Å². The number of hydrogen-bond acceptors (Lipinski definition) is 4. The third kappa shape index (κ3) is 4.84. The van der Waals surface area contributed by atoms with Crippen LogP contribution in [0.1, 0.15) is 5.56 Å². The van der Waals surface area contributed by atoms with Crippen molar-refractivity contribution in [2.45, 2.75) is 11.5 Å². The normalized spacial score (nSPS) is 11.3. The van der Waals surface area contributed by atoms with Gasteiger partial charge in [-0.2, -0.15) is 0 Å². The number of sulfonamides is 1. The Labute approximate surface area is 177 Å². The number of nitrogens with one attached hydrogen (secondary N) is 2. The lowest BCUT2D eigenvalue weighted by atomic mass is 10.2. The van der Waals surface area contributed by atoms with E-state index in [-0.39, 0.29) is 22.8 Å². The van der Waals surface area contributed by atoms with Crippen LogP contribution in [0, 0.1) is 5.82 Å². The fourth-order valence-corrected chi connectivity index (χ4v) is 3.96. The highest BCUT2D eigenvalue weighted by Gasteiger charge is 2.17. The molecule has 0 atom stereocenters. The molecule has 4 aromatic rings. The minimum Gasteiger partial charge on any atom is -0.486 e. The first kappa shape index (κ1) is 20.4. The maximum atomic E-state index is 14.4. The zero-order valence-electron chi connectivity index (χ0n) is 16.2. The van der Waals surface area contributed by atoms with Crippen LogP contribution < -0.4 is 15.0 Å². The molecule has 0 spiro atoms. The minimum absolute atomic E-state index is 0.0344. The number of nitrogens with zero attached hydrogens (tertiary/aromatic N) is 1. The predicted molar refractivity (Wildman–Crippen MR) is 114 cm³/mol. The molecule has 0 aliphatic heterocycles. The minimum atomic E-state index is -4.00. The van der Waals surface area contributed by atoms with Crippen LogP contribution in [-0.4, -0.2) is 18.2 Å². The van der Waals surface area contributed by atoms with Gasteiger partial charge in [0.15, 0.2) is 11.6 Å². The molecule has 9 heteroatoms. The van der Waals surface area contributed by atoms with Crippen molar-refractivity contribution in [3.63, 3.8) is 0 Å². The molecule has 4 rings (SSSR count). The average Bonchev–Trinajstić information content (AvgIpc) is 3.20. The molecule has 0 amide bonds. The van der Waals surface area contributed by atoms with Gasteiger partial charge in [0.2, 0.25) is 0 Å². The van der Waals surface area contributed by atoms with E-state index >= 15 is 0 Å². The first-order chi connectivity index (χ1) is 14.9. The number of benzene rings is 3. The smallest absolute Gasteiger partial charge is 0.264 e. The second kappa shape index (κ2) is 8.49. The Bertz CT molecular complexity index is 1350. The van der Waals surface area contributed by atoms with Gasteiger partial charge in [0.25, 0.3) is 15.6 Å². The maximum absolute atomic E-state index is 14.4. The van der Waals surface area contributed by atoms with Crippen LogP contribution in [0.15, 0.2) is 94.7 Å². The first-order valence-corrected chi connectivity index (χ1v) is 10.8. The van der Waals surface area contributed by atoms with Crippen molar-refractivity contribution in [1.82, 2.24) is 9.78 Å². The van der Waals surface area contributed by atoms with Crippen LogP contribution in [0.4, 0.5) is 10.1 Å². The largest absolute Gasteiger partial charge is 0.486 e. The predicted octanol–water partition coefficient (Wildman–Crippen LogP) is 3.68. The zero-order valence-corrected chi connectivity index (χ0v) is 17.0. The SMILES string of the molecule is O=c1ccn(-c2ccc(NS(=O)(=O)c3ccc(OCc4ccccc4)c(F)c3)cc2)[nH]1. The monoisotopic (exact) mass is 439 g/mol. The number of rotatable bonds is 7. The van der Waals surface area contributed by atoms with E-state index in [0.717, 1.165) is 11.6 Å². The van der Waals surface area contributed by atoms with Gasteiger partial charge >= 0.3 is 0 Å². The highest BCUT2D eigenvalue weighted by atomic mass is 32.2. The van der Waals surface area contributed by atoms with Crippen LogP contribution in [0.25, 0.3) is 5.69 Å². The summed E-state index contributed by atoms with van der Waals surface area (Å²) >= 11 is 0. The Hall–Kier alpha value is -3.85. The first-order valence-electron chi connectivity index (χ1n) is 9.28. The molecule has 0 saturated heterocycles. The Balaban J connectivity index is 1.46. The summed E-state index contributed by atoms with van der Waals surface area (Å²) in [6, 6.07) is 20.5. The van der Waals surface area contributed by atoms with Gasteiger partial charge in [-0.1, -0.05) is 30.3 Å². The molecular formula is C22H18FN3O4S. The number of halogens is 1. The van der Waals surface area contributed by atoms with Crippen molar-refractivity contribution in [3.05, 3.63) is 107 Å². The fraction of sp³-hybridized carbons (Fsp3) is 0.0455. The summed E-state index contributed by atoms with van der Waals surface area (Å²) in [5, 5.41) is 2.59. The van der Waals surface area contributed by atoms with Gasteiger partial charge in [-0.3, -0.25) is 19.3 Å². The summed E-state index contributed by atoms with van der Waals surface area (Å²) in [5.41, 5.74) is 1.56. The van der Waals surface area contributed by atoms with E-state index in [1.807, 2.05) is 30.3 Å². The molecule has 0 saturated carbocycles. The number of aromatic amines is 1. The second-order valence-corrected chi connectivity index (χ2v) is 8.36. The number of hydrogen-bond donors (Lipinski definition) is 2. The van der Waals surface area contributed by atoms with E-state index in [4.69, 9.17) is 4.74 Å². The molecule has 158 valence electrons. The molecule has 7 nitrogen and oxygen atoms in total. The topological polar surface area (TPSA) is 93.2 Å². The van der Waals surface area contributed by atoms with Crippen LogP contribution in [-0.2, 0) is 16.6 Å². The summed E-state index contributed by atoms with van der Waals surface area (Å²) < 4.78 is 49.0. The van der Waals surface area contributed by atoms with Gasteiger partial charge in [0.05, 0.1) is 10.6 Å². The zero-order chi connectivity index (χ0) is 21.8. The molecule has 31 heavy (non-hydrogen) atoms. The molecule has 0 radical (unpaired) electrons. The molecular weight excluding hydrogens is 421 g/mol. The number of ether oxygens (including phenoxy) is 1. The van der Waals surface area contributed by atoms with Gasteiger partial charge in [0, 0.05) is 18.0 Å². The lowest BCUT2D eigenvalue weighted by Crippen LogP contribution is -2.13. The molecule has 2 N–H and O–H groups in total. The second-order valence-electron chi connectivity index (χ2n) is 6.68. The Morgan fingerprint density at radius 2 is 1.71 bits per heavy atom. The Morgan fingerprint density at radius 3 is 2.35 bits per heavy atom. The van der Waals surface area contributed by atoms with Gasteiger partial charge < -0.3 is 4.74 Å². The molecule has 0 bridgehead atoms. The molecule has 0 aliphatic carbocycles.